The van der Waals surface area contributed by atoms with E-state index >= 15 is 0 Å². The van der Waals surface area contributed by atoms with Crippen LogP contribution in [0.2, 0.25) is 0 Å². The molecule has 6 nitrogen and oxygen atoms in total. The number of nitrogens with one attached hydrogen (secondary N) is 1. The molecule has 0 radical (unpaired) electrons. The average Bonchev–Trinajstić information content (AvgIpc) is 2.98. The van der Waals surface area contributed by atoms with Crippen molar-refractivity contribution in [2.24, 2.45) is 11.8 Å². The lowest BCUT2D eigenvalue weighted by Gasteiger charge is -2.27. The van der Waals surface area contributed by atoms with Crippen molar-refractivity contribution in [3.63, 3.8) is 0 Å². The molecule has 6 heteroatoms. The summed E-state index contributed by atoms with van der Waals surface area (Å²) < 4.78 is 5.35. The van der Waals surface area contributed by atoms with Gasteiger partial charge in [0.25, 0.3) is 0 Å². The summed E-state index contributed by atoms with van der Waals surface area (Å²) >= 11 is 0. The van der Waals surface area contributed by atoms with Crippen LogP contribution in [0.4, 0.5) is 4.79 Å². The van der Waals surface area contributed by atoms with Gasteiger partial charge in [0.15, 0.2) is 0 Å². The van der Waals surface area contributed by atoms with Gasteiger partial charge < -0.3 is 20.1 Å². The number of rotatable bonds is 5. The molecule has 1 saturated carbocycles. The molecular weight excluding hydrogens is 272 g/mol. The first-order valence-electron chi connectivity index (χ1n) is 7.88. The zero-order valence-electron chi connectivity index (χ0n) is 12.7. The Hall–Kier alpha value is -1.30. The Bertz CT molecular complexity index is 367. The zero-order valence-corrected chi connectivity index (χ0v) is 12.7. The van der Waals surface area contributed by atoms with E-state index in [-0.39, 0.29) is 6.03 Å². The minimum absolute atomic E-state index is 0.121. The topological polar surface area (TPSA) is 78.9 Å². The van der Waals surface area contributed by atoms with Crippen molar-refractivity contribution >= 4 is 12.0 Å². The Kier molecular flexibility index (Phi) is 5.85. The van der Waals surface area contributed by atoms with Crippen molar-refractivity contribution in [2.45, 2.75) is 44.6 Å². The fourth-order valence-corrected chi connectivity index (χ4v) is 3.30. The molecule has 1 unspecified atom stereocenters. The number of hydrogen-bond donors (Lipinski definition) is 2. The van der Waals surface area contributed by atoms with E-state index < -0.39 is 11.9 Å². The van der Waals surface area contributed by atoms with Crippen molar-refractivity contribution in [1.29, 1.82) is 0 Å². The molecule has 1 saturated heterocycles. The van der Waals surface area contributed by atoms with Gasteiger partial charge in [-0.3, -0.25) is 4.79 Å². The molecule has 2 aliphatic rings. The molecule has 0 aromatic carbocycles. The second-order valence-corrected chi connectivity index (χ2v) is 6.17. The molecule has 1 heterocycles. The smallest absolute Gasteiger partial charge is 0.317 e. The third-order valence-electron chi connectivity index (χ3n) is 4.78. The number of carbonyl (C=O) groups excluding carboxylic acids is 1. The highest BCUT2D eigenvalue weighted by Crippen LogP contribution is 2.27. The molecule has 2 N–H and O–H groups in total. The Labute approximate surface area is 125 Å². The molecule has 0 bridgehead atoms. The Balaban J connectivity index is 1.61. The minimum atomic E-state index is -0.805. The summed E-state index contributed by atoms with van der Waals surface area (Å²) in [6.45, 7) is 1.55. The molecule has 1 atom stereocenters. The number of hydrogen-bond acceptors (Lipinski definition) is 3. The number of carboxylic acids is 1. The highest BCUT2D eigenvalue weighted by molar-refractivity contribution is 5.77. The van der Waals surface area contributed by atoms with Gasteiger partial charge in [-0.15, -0.1) is 0 Å². The third-order valence-corrected chi connectivity index (χ3v) is 4.78. The van der Waals surface area contributed by atoms with Crippen molar-refractivity contribution < 1.29 is 19.4 Å². The monoisotopic (exact) mass is 298 g/mol. The van der Waals surface area contributed by atoms with E-state index in [1.165, 1.54) is 12.8 Å². The minimum Gasteiger partial charge on any atom is -0.481 e. The average molecular weight is 298 g/mol. The zero-order chi connectivity index (χ0) is 15.2. The van der Waals surface area contributed by atoms with Crippen LogP contribution in [0.15, 0.2) is 0 Å². The summed E-state index contributed by atoms with van der Waals surface area (Å²) in [5.41, 5.74) is 0. The second kappa shape index (κ2) is 7.64. The summed E-state index contributed by atoms with van der Waals surface area (Å²) in [5, 5.41) is 11.9. The van der Waals surface area contributed by atoms with E-state index in [0.29, 0.717) is 38.1 Å². The molecule has 1 aliphatic heterocycles. The first kappa shape index (κ1) is 16.1. The summed E-state index contributed by atoms with van der Waals surface area (Å²) in [4.78, 5) is 24.4. The predicted molar refractivity (Wildman–Crippen MR) is 78.1 cm³/mol. The van der Waals surface area contributed by atoms with Crippen LogP contribution < -0.4 is 5.32 Å². The maximum Gasteiger partial charge on any atom is 0.317 e. The van der Waals surface area contributed by atoms with Gasteiger partial charge in [0.1, 0.15) is 0 Å². The Morgan fingerprint density at radius 2 is 1.95 bits per heavy atom. The van der Waals surface area contributed by atoms with Gasteiger partial charge in [-0.05, 0) is 44.4 Å². The standard InChI is InChI=1S/C15H26N2O4/c1-21-13-4-2-11(3-5-13)6-8-16-15(20)17-9-7-12(10-17)14(18)19/h11-13H,2-10H2,1H3,(H,16,20)(H,18,19). The molecule has 21 heavy (non-hydrogen) atoms. The van der Waals surface area contributed by atoms with Gasteiger partial charge in [-0.2, -0.15) is 0 Å². The van der Waals surface area contributed by atoms with Gasteiger partial charge in [0, 0.05) is 26.7 Å². The van der Waals surface area contributed by atoms with Crippen LogP contribution in [0.5, 0.6) is 0 Å². The lowest BCUT2D eigenvalue weighted by molar-refractivity contribution is -0.141. The van der Waals surface area contributed by atoms with Crippen molar-refractivity contribution in [3.8, 4) is 0 Å². The van der Waals surface area contributed by atoms with E-state index in [1.807, 2.05) is 0 Å². The number of urea groups is 1. The summed E-state index contributed by atoms with van der Waals surface area (Å²) in [6.07, 6.45) is 6.53. The van der Waals surface area contributed by atoms with Gasteiger partial charge in [0.2, 0.25) is 0 Å². The SMILES string of the molecule is COC1CCC(CCNC(=O)N2CCC(C(=O)O)C2)CC1. The van der Waals surface area contributed by atoms with Gasteiger partial charge in [0.05, 0.1) is 12.0 Å². The van der Waals surface area contributed by atoms with Crippen LogP contribution in [-0.2, 0) is 9.53 Å². The van der Waals surface area contributed by atoms with Crippen LogP contribution in [0, 0.1) is 11.8 Å². The first-order chi connectivity index (χ1) is 10.1. The quantitative estimate of drug-likeness (QED) is 0.809. The Morgan fingerprint density at radius 1 is 1.24 bits per heavy atom. The molecule has 2 rings (SSSR count). The number of ether oxygens (including phenoxy) is 1. The first-order valence-corrected chi connectivity index (χ1v) is 7.88. The van der Waals surface area contributed by atoms with Crippen LogP contribution in [0.1, 0.15) is 38.5 Å². The number of nitrogens with zero attached hydrogens (tertiary/aromatic N) is 1. The normalized spacial score (nSPS) is 29.4. The predicted octanol–water partition coefficient (Wildman–Crippen LogP) is 1.70. The van der Waals surface area contributed by atoms with E-state index in [2.05, 4.69) is 5.32 Å². The van der Waals surface area contributed by atoms with Gasteiger partial charge >= 0.3 is 12.0 Å². The van der Waals surface area contributed by atoms with Crippen LogP contribution in [0.3, 0.4) is 0 Å². The molecule has 2 fully saturated rings. The molecule has 0 aromatic heterocycles. The highest BCUT2D eigenvalue weighted by atomic mass is 16.5. The summed E-state index contributed by atoms with van der Waals surface area (Å²) in [6, 6.07) is -0.121. The molecule has 120 valence electrons. The van der Waals surface area contributed by atoms with E-state index in [1.54, 1.807) is 12.0 Å². The lowest BCUT2D eigenvalue weighted by atomic mass is 9.85. The van der Waals surface area contributed by atoms with Crippen LogP contribution in [-0.4, -0.2) is 54.9 Å². The molecule has 1 aliphatic carbocycles. The fraction of sp³-hybridized carbons (Fsp3) is 0.867. The number of likely N-dealkylation sites (tertiary alicyclic amines) is 1. The highest BCUT2D eigenvalue weighted by Gasteiger charge is 2.30. The molecule has 2 amide bonds. The van der Waals surface area contributed by atoms with Crippen LogP contribution in [0.25, 0.3) is 0 Å². The van der Waals surface area contributed by atoms with Gasteiger partial charge in [-0.25, -0.2) is 4.79 Å². The second-order valence-electron chi connectivity index (χ2n) is 6.17. The van der Waals surface area contributed by atoms with Crippen LogP contribution >= 0.6 is 0 Å². The number of carbonyl (C=O) groups is 2. The molecule has 0 spiro atoms. The molecular formula is C15H26N2O4. The number of methoxy groups -OCH3 is 1. The summed E-state index contributed by atoms with van der Waals surface area (Å²) in [5.74, 6) is -0.540. The third kappa shape index (κ3) is 4.59. The molecule has 0 aromatic rings. The fourth-order valence-electron chi connectivity index (χ4n) is 3.30. The largest absolute Gasteiger partial charge is 0.481 e. The van der Waals surface area contributed by atoms with Crippen molar-refractivity contribution in [3.05, 3.63) is 0 Å². The summed E-state index contributed by atoms with van der Waals surface area (Å²) in [7, 11) is 1.77. The number of aliphatic carboxylic acids is 1. The van der Waals surface area contributed by atoms with E-state index in [0.717, 1.165) is 19.3 Å². The van der Waals surface area contributed by atoms with Gasteiger partial charge in [-0.1, -0.05) is 0 Å². The van der Waals surface area contributed by atoms with Crippen molar-refractivity contribution in [2.75, 3.05) is 26.7 Å². The number of amides is 2. The number of carboxylic acid groups (broad SMARTS) is 1. The van der Waals surface area contributed by atoms with Crippen molar-refractivity contribution in [1.82, 2.24) is 10.2 Å². The Morgan fingerprint density at radius 3 is 2.52 bits per heavy atom. The van der Waals surface area contributed by atoms with E-state index in [4.69, 9.17) is 9.84 Å². The maximum absolute atomic E-state index is 12.0. The van der Waals surface area contributed by atoms with E-state index in [9.17, 15) is 9.59 Å². The lowest BCUT2D eigenvalue weighted by Crippen LogP contribution is -2.39. The maximum atomic E-state index is 12.0.